The van der Waals surface area contributed by atoms with Crippen molar-refractivity contribution in [2.75, 3.05) is 112 Å². The van der Waals surface area contributed by atoms with Gasteiger partial charge in [-0.3, -0.25) is 77.3 Å². The number of carbonyl (C=O) groups excluding carboxylic acids is 7. The molecule has 0 radical (unpaired) electrons. The van der Waals surface area contributed by atoms with Crippen LogP contribution in [0.25, 0.3) is 0 Å². The van der Waals surface area contributed by atoms with E-state index in [-0.39, 0.29) is 129 Å². The van der Waals surface area contributed by atoms with Crippen LogP contribution in [0.3, 0.4) is 0 Å². The average Bonchev–Trinajstić information content (AvgIpc) is 1.68. The van der Waals surface area contributed by atoms with Gasteiger partial charge in [-0.2, -0.15) is 0 Å². The molecule has 2 fully saturated rings. The second-order valence-electron chi connectivity index (χ2n) is 23.8. The maximum atomic E-state index is 13.4. The van der Waals surface area contributed by atoms with Gasteiger partial charge in [0.2, 0.25) is 35.4 Å². The lowest BCUT2D eigenvalue weighted by molar-refractivity contribution is -0.145. The first kappa shape index (κ1) is 80.2. The van der Waals surface area contributed by atoms with E-state index in [9.17, 15) is 93.1 Å². The van der Waals surface area contributed by atoms with E-state index < -0.39 is 116 Å². The number of carboxylic acids is 5. The standard InChI is InChI=1S/C60H99BN14O19/c1-41(57(88)75-28-12-15-47(75)61(93)94)67-55(86)43-21-19-42(20-22-43)37-66-48(76)16-8-10-26-64-56(87)44(14-11-27-65-60(62)70(2)3)68-50(78)17-5-4-6-18-51(79)69-45(58(89)90)13-7-9-25-63-49(77)24-23-46(59(91)92)74-35-33-72(39-53(82)83)31-29-71(38-52(80)81)30-32-73(34-36-74)40-54(84)85/h19-22,41,44-47,93-94H,4-18,23-40H2,1-3H3,(H2,62,65)(H,63,77)(H,64,87)(H,66,76)(H,67,86)(H,68,78)(H,69,79)(H,80,81)(H,82,83)(H,84,85)(H,89,90)(H,91,92)/t41-,44+,45+,46-,47+/m1/s1. The van der Waals surface area contributed by atoms with Crippen LogP contribution in [0.1, 0.15) is 132 Å². The molecule has 1 aromatic carbocycles. The van der Waals surface area contributed by atoms with Crippen LogP contribution in [0.4, 0.5) is 0 Å². The van der Waals surface area contributed by atoms with Crippen molar-refractivity contribution in [2.24, 2.45) is 10.7 Å². The Morgan fingerprint density at radius 1 is 0.574 bits per heavy atom. The monoisotopic (exact) mass is 1330 g/mol. The van der Waals surface area contributed by atoms with Gasteiger partial charge in [0.1, 0.15) is 24.2 Å². The molecule has 0 spiro atoms. The predicted molar refractivity (Wildman–Crippen MR) is 342 cm³/mol. The van der Waals surface area contributed by atoms with E-state index in [1.165, 1.54) is 11.8 Å². The largest absolute Gasteiger partial charge is 0.480 e. The maximum Gasteiger partial charge on any atom is 0.475 e. The summed E-state index contributed by atoms with van der Waals surface area (Å²) in [7, 11) is 1.80. The number of aliphatic carboxylic acids is 5. The summed E-state index contributed by atoms with van der Waals surface area (Å²) in [6, 6.07) is 2.27. The molecule has 7 amide bonds. The van der Waals surface area contributed by atoms with Crippen molar-refractivity contribution in [1.29, 1.82) is 0 Å². The number of nitrogens with one attached hydrogen (secondary N) is 6. The normalized spacial score (nSPS) is 16.8. The molecule has 0 unspecified atom stereocenters. The Morgan fingerprint density at radius 3 is 1.61 bits per heavy atom. The third kappa shape index (κ3) is 32.7. The van der Waals surface area contributed by atoms with Crippen LogP contribution in [0.5, 0.6) is 0 Å². The highest BCUT2D eigenvalue weighted by atomic mass is 16.4. The topological polar surface area (TPSA) is 476 Å². The van der Waals surface area contributed by atoms with E-state index >= 15 is 0 Å². The molecule has 0 bridgehead atoms. The summed E-state index contributed by atoms with van der Waals surface area (Å²) < 4.78 is 0. The SMILES string of the molecule is C[C@@H](NC(=O)c1ccc(CNC(=O)CCCCNC(=O)[C@H](CCCN=C(N)N(C)C)NC(=O)CCCCCC(=O)N[C@@H](CCCCNC(=O)CC[C@H](C(=O)O)N2CCN(CC(=O)O)CCN(CC(=O)O)CCN(CC(=O)O)CC2)C(=O)O)cc1)C(=O)N1CCC[C@H]1B(O)O. The molecule has 0 aromatic heterocycles. The fourth-order valence-corrected chi connectivity index (χ4v) is 10.6. The van der Waals surface area contributed by atoms with Crippen molar-refractivity contribution in [3.05, 3.63) is 35.4 Å². The van der Waals surface area contributed by atoms with Crippen molar-refractivity contribution >= 4 is 84.3 Å². The first-order valence-corrected chi connectivity index (χ1v) is 32.1. The maximum absolute atomic E-state index is 13.4. The van der Waals surface area contributed by atoms with E-state index in [0.717, 1.165) is 5.56 Å². The molecule has 0 aliphatic carbocycles. The van der Waals surface area contributed by atoms with Crippen LogP contribution < -0.4 is 37.6 Å². The first-order valence-electron chi connectivity index (χ1n) is 32.1. The molecule has 15 N–H and O–H groups in total. The summed E-state index contributed by atoms with van der Waals surface area (Å²) in [6.45, 7) is 2.47. The molecule has 1 aromatic rings. The number of amides is 7. The lowest BCUT2D eigenvalue weighted by Gasteiger charge is -2.35. The fourth-order valence-electron chi connectivity index (χ4n) is 10.6. The Hall–Kier alpha value is -8.05. The summed E-state index contributed by atoms with van der Waals surface area (Å²) >= 11 is 0. The number of aliphatic imine (C=N–C) groups is 1. The third-order valence-corrected chi connectivity index (χ3v) is 16.0. The lowest BCUT2D eigenvalue weighted by Crippen LogP contribution is -2.52. The van der Waals surface area contributed by atoms with Crippen LogP contribution in [0.15, 0.2) is 29.3 Å². The highest BCUT2D eigenvalue weighted by Crippen LogP contribution is 2.20. The first-order chi connectivity index (χ1) is 44.6. The van der Waals surface area contributed by atoms with E-state index in [2.05, 4.69) is 36.9 Å². The second-order valence-corrected chi connectivity index (χ2v) is 23.8. The highest BCUT2D eigenvalue weighted by molar-refractivity contribution is 6.43. The molecule has 34 heteroatoms. The molecule has 2 aliphatic heterocycles. The number of likely N-dealkylation sites (tertiary alicyclic amines) is 1. The summed E-state index contributed by atoms with van der Waals surface area (Å²) in [5, 5.41) is 84.2. The Morgan fingerprint density at radius 2 is 1.07 bits per heavy atom. The molecule has 3 rings (SSSR count). The number of carbonyl (C=O) groups is 12. The number of nitrogens with zero attached hydrogens (tertiary/aromatic N) is 7. The zero-order valence-electron chi connectivity index (χ0n) is 54.3. The molecule has 5 atom stereocenters. The van der Waals surface area contributed by atoms with Crippen molar-refractivity contribution in [3.63, 3.8) is 0 Å². The van der Waals surface area contributed by atoms with Crippen LogP contribution >= 0.6 is 0 Å². The van der Waals surface area contributed by atoms with E-state index in [1.54, 1.807) is 62.9 Å². The van der Waals surface area contributed by atoms with Gasteiger partial charge in [0.05, 0.1) is 25.6 Å². The number of benzene rings is 1. The molecular formula is C60H99BN14O19. The fraction of sp³-hybridized carbons (Fsp3) is 0.683. The zero-order valence-corrected chi connectivity index (χ0v) is 54.3. The van der Waals surface area contributed by atoms with Crippen molar-refractivity contribution < 1.29 is 93.1 Å². The van der Waals surface area contributed by atoms with E-state index in [4.69, 9.17) is 5.73 Å². The highest BCUT2D eigenvalue weighted by Gasteiger charge is 2.39. The minimum Gasteiger partial charge on any atom is -0.480 e. The van der Waals surface area contributed by atoms with Gasteiger partial charge in [-0.05, 0) is 102 Å². The molecule has 33 nitrogen and oxygen atoms in total. The Bertz CT molecular complexity index is 2640. The van der Waals surface area contributed by atoms with Crippen LogP contribution in [-0.2, 0) is 59.3 Å². The summed E-state index contributed by atoms with van der Waals surface area (Å²) in [6.07, 6.45) is 4.31. The summed E-state index contributed by atoms with van der Waals surface area (Å²) in [5.41, 5.74) is 6.93. The lowest BCUT2D eigenvalue weighted by atomic mass is 9.78. The second kappa shape index (κ2) is 43.8. The van der Waals surface area contributed by atoms with Crippen LogP contribution in [0.2, 0.25) is 0 Å². The van der Waals surface area contributed by atoms with Gasteiger partial charge in [0.15, 0.2) is 5.96 Å². The Labute approximate surface area is 548 Å². The Kier molecular flexibility index (Phi) is 37.3. The van der Waals surface area contributed by atoms with Gasteiger partial charge in [-0.25, -0.2) is 4.79 Å². The smallest absolute Gasteiger partial charge is 0.475 e. The number of carboxylic acid groups (broad SMARTS) is 5. The van der Waals surface area contributed by atoms with Gasteiger partial charge in [-0.15, -0.1) is 0 Å². The minimum atomic E-state index is -1.67. The minimum absolute atomic E-state index is 0.0169. The molecule has 94 heavy (non-hydrogen) atoms. The number of nitrogens with two attached hydrogens (primary N) is 1. The number of hydrogen-bond acceptors (Lipinski definition) is 19. The molecule has 2 saturated heterocycles. The number of unbranched alkanes of at least 4 members (excludes halogenated alkanes) is 4. The Balaban J connectivity index is 1.38. The molecule has 2 aliphatic rings. The molecule has 2 heterocycles. The zero-order chi connectivity index (χ0) is 69.7. The number of guanidine groups is 1. The van der Waals surface area contributed by atoms with Gasteiger partial charge < -0.3 is 83.0 Å². The van der Waals surface area contributed by atoms with Crippen molar-refractivity contribution in [1.82, 2.24) is 61.3 Å². The molecular weight excluding hydrogens is 1230 g/mol. The summed E-state index contributed by atoms with van der Waals surface area (Å²) in [4.78, 5) is 164. The van der Waals surface area contributed by atoms with E-state index in [1.807, 2.05) is 0 Å². The molecule has 0 saturated carbocycles. The quantitative estimate of drug-likeness (QED) is 0.0138. The molecule has 526 valence electrons. The third-order valence-electron chi connectivity index (χ3n) is 16.0. The van der Waals surface area contributed by atoms with Gasteiger partial charge in [0.25, 0.3) is 5.91 Å². The van der Waals surface area contributed by atoms with Gasteiger partial charge in [-0.1, -0.05) is 18.6 Å². The van der Waals surface area contributed by atoms with Crippen LogP contribution in [-0.4, -0.2) is 292 Å². The van der Waals surface area contributed by atoms with Gasteiger partial charge >= 0.3 is 37.0 Å². The van der Waals surface area contributed by atoms with Crippen molar-refractivity contribution in [3.8, 4) is 0 Å². The average molecular weight is 1330 g/mol. The van der Waals surface area contributed by atoms with Gasteiger partial charge in [0, 0.05) is 130 Å². The predicted octanol–water partition coefficient (Wildman–Crippen LogP) is -2.63. The van der Waals surface area contributed by atoms with E-state index in [0.29, 0.717) is 88.8 Å². The number of rotatable bonds is 41. The summed E-state index contributed by atoms with van der Waals surface area (Å²) in [5.74, 6) is -9.24. The number of hydrogen-bond donors (Lipinski definition) is 14. The van der Waals surface area contributed by atoms with Crippen LogP contribution in [0, 0.1) is 0 Å². The van der Waals surface area contributed by atoms with Crippen molar-refractivity contribution in [2.45, 2.75) is 153 Å².